The maximum Gasteiger partial charge on any atom is 0.405 e. The van der Waals surface area contributed by atoms with Gasteiger partial charge in [-0.05, 0) is 41.1 Å². The highest BCUT2D eigenvalue weighted by Gasteiger charge is 2.15. The van der Waals surface area contributed by atoms with E-state index in [9.17, 15) is 9.59 Å². The lowest BCUT2D eigenvalue weighted by Gasteiger charge is -2.14. The Labute approximate surface area is 130 Å². The lowest BCUT2D eigenvalue weighted by atomic mass is 10.1. The van der Waals surface area contributed by atoms with E-state index >= 15 is 0 Å². The fourth-order valence-electron chi connectivity index (χ4n) is 1.78. The molecule has 3 N–H and O–H groups in total. The Kier molecular flexibility index (Phi) is 4.89. The first-order valence-electron chi connectivity index (χ1n) is 6.26. The van der Waals surface area contributed by atoms with E-state index in [1.54, 1.807) is 18.2 Å². The molecule has 0 aliphatic heterocycles. The van der Waals surface area contributed by atoms with Gasteiger partial charge >= 0.3 is 6.09 Å². The fourth-order valence-corrected chi connectivity index (χ4v) is 1.97. The summed E-state index contributed by atoms with van der Waals surface area (Å²) in [7, 11) is 0. The van der Waals surface area contributed by atoms with Crippen LogP contribution in [-0.2, 0) is 11.3 Å². The quantitative estimate of drug-likeness (QED) is 0.739. The average Bonchev–Trinajstić information content (AvgIpc) is 2.98. The molecule has 10 heteroatoms. The number of hydrogen-bond donors (Lipinski definition) is 3. The molecule has 0 saturated carbocycles. The summed E-state index contributed by atoms with van der Waals surface area (Å²) in [6, 6.07) is 4.21. The molecule has 2 aromatic rings. The minimum absolute atomic E-state index is 0.153. The molecule has 0 fully saturated rings. The molecular weight excluding hydrogens is 312 g/mol. The molecular formula is C12H13ClN6O3. The van der Waals surface area contributed by atoms with Crippen molar-refractivity contribution in [1.82, 2.24) is 30.8 Å². The minimum atomic E-state index is -1.26. The summed E-state index contributed by atoms with van der Waals surface area (Å²) in [5.41, 5.74) is 1.35. The Balaban J connectivity index is 2.11. The highest BCUT2D eigenvalue weighted by Crippen LogP contribution is 2.18. The number of amides is 2. The van der Waals surface area contributed by atoms with Crippen molar-refractivity contribution in [3.63, 3.8) is 0 Å². The van der Waals surface area contributed by atoms with Gasteiger partial charge in [-0.3, -0.25) is 4.79 Å². The van der Waals surface area contributed by atoms with E-state index in [2.05, 4.69) is 26.2 Å². The number of halogens is 1. The SMILES string of the molecule is C[C@H](NC(=O)O)C(=O)NCc1cc(Cl)ccc1-n1cnnn1. The van der Waals surface area contributed by atoms with Crippen LogP contribution in [0, 0.1) is 0 Å². The van der Waals surface area contributed by atoms with Crippen molar-refractivity contribution < 1.29 is 14.7 Å². The number of carbonyl (C=O) groups is 2. The van der Waals surface area contributed by atoms with Crippen LogP contribution in [-0.4, -0.2) is 43.4 Å². The third kappa shape index (κ3) is 3.92. The first kappa shape index (κ1) is 15.7. The first-order chi connectivity index (χ1) is 10.5. The van der Waals surface area contributed by atoms with Crippen LogP contribution in [0.2, 0.25) is 5.02 Å². The summed E-state index contributed by atoms with van der Waals surface area (Å²) < 4.78 is 1.44. The topological polar surface area (TPSA) is 122 Å². The van der Waals surface area contributed by atoms with E-state index in [4.69, 9.17) is 16.7 Å². The lowest BCUT2D eigenvalue weighted by molar-refractivity contribution is -0.122. The van der Waals surface area contributed by atoms with Crippen LogP contribution in [0.25, 0.3) is 5.69 Å². The maximum absolute atomic E-state index is 11.8. The van der Waals surface area contributed by atoms with Crippen molar-refractivity contribution in [2.45, 2.75) is 19.5 Å². The largest absolute Gasteiger partial charge is 0.465 e. The lowest BCUT2D eigenvalue weighted by Crippen LogP contribution is -2.44. The number of carboxylic acid groups (broad SMARTS) is 1. The number of nitrogens with one attached hydrogen (secondary N) is 2. The molecule has 2 rings (SSSR count). The predicted molar refractivity (Wildman–Crippen MR) is 76.6 cm³/mol. The Bertz CT molecular complexity index is 676. The maximum atomic E-state index is 11.8. The molecule has 0 unspecified atom stereocenters. The number of aromatic nitrogens is 4. The molecule has 1 atom stereocenters. The van der Waals surface area contributed by atoms with Crippen LogP contribution >= 0.6 is 11.6 Å². The van der Waals surface area contributed by atoms with Crippen LogP contribution < -0.4 is 10.6 Å². The highest BCUT2D eigenvalue weighted by atomic mass is 35.5. The van der Waals surface area contributed by atoms with Crippen molar-refractivity contribution >= 4 is 23.6 Å². The van der Waals surface area contributed by atoms with Crippen LogP contribution in [0.5, 0.6) is 0 Å². The van der Waals surface area contributed by atoms with E-state index in [-0.39, 0.29) is 6.54 Å². The van der Waals surface area contributed by atoms with E-state index in [0.717, 1.165) is 0 Å². The molecule has 1 heterocycles. The molecule has 0 spiro atoms. The fraction of sp³-hybridized carbons (Fsp3) is 0.250. The third-order valence-electron chi connectivity index (χ3n) is 2.82. The highest BCUT2D eigenvalue weighted by molar-refractivity contribution is 6.30. The summed E-state index contributed by atoms with van der Waals surface area (Å²) in [6.45, 7) is 1.60. The van der Waals surface area contributed by atoms with Gasteiger partial charge in [-0.15, -0.1) is 5.10 Å². The van der Waals surface area contributed by atoms with E-state index in [1.165, 1.54) is 17.9 Å². The predicted octanol–water partition coefficient (Wildman–Crippen LogP) is 0.588. The van der Waals surface area contributed by atoms with Gasteiger partial charge in [0.2, 0.25) is 5.91 Å². The van der Waals surface area contributed by atoms with Gasteiger partial charge in [-0.2, -0.15) is 0 Å². The molecule has 0 aliphatic rings. The number of benzene rings is 1. The minimum Gasteiger partial charge on any atom is -0.465 e. The van der Waals surface area contributed by atoms with Gasteiger partial charge in [0.15, 0.2) is 0 Å². The van der Waals surface area contributed by atoms with Crippen molar-refractivity contribution in [3.05, 3.63) is 35.1 Å². The van der Waals surface area contributed by atoms with E-state index in [1.807, 2.05) is 0 Å². The Hall–Kier alpha value is -2.68. The molecule has 0 saturated heterocycles. The summed E-state index contributed by atoms with van der Waals surface area (Å²) in [5, 5.41) is 24.7. The van der Waals surface area contributed by atoms with Crippen LogP contribution in [0.15, 0.2) is 24.5 Å². The molecule has 1 aromatic heterocycles. The number of rotatable bonds is 5. The molecule has 9 nitrogen and oxygen atoms in total. The zero-order valence-electron chi connectivity index (χ0n) is 11.5. The van der Waals surface area contributed by atoms with Gasteiger partial charge in [0.25, 0.3) is 0 Å². The third-order valence-corrected chi connectivity index (χ3v) is 3.06. The Morgan fingerprint density at radius 1 is 1.45 bits per heavy atom. The standard InChI is InChI=1S/C12H13ClN6O3/c1-7(16-12(21)22)11(20)14-5-8-4-9(13)2-3-10(8)19-6-15-17-18-19/h2-4,6-7,16H,5H2,1H3,(H,14,20)(H,21,22)/t7-/m0/s1. The van der Waals surface area contributed by atoms with Crippen LogP contribution in [0.4, 0.5) is 4.79 Å². The molecule has 0 radical (unpaired) electrons. The Morgan fingerprint density at radius 3 is 2.86 bits per heavy atom. The normalized spacial score (nSPS) is 11.7. The molecule has 116 valence electrons. The van der Waals surface area contributed by atoms with Gasteiger partial charge in [-0.25, -0.2) is 9.48 Å². The smallest absolute Gasteiger partial charge is 0.405 e. The molecule has 1 aromatic carbocycles. The van der Waals surface area contributed by atoms with Gasteiger partial charge in [0, 0.05) is 11.6 Å². The number of tetrazole rings is 1. The van der Waals surface area contributed by atoms with Crippen molar-refractivity contribution in [2.24, 2.45) is 0 Å². The van der Waals surface area contributed by atoms with Crippen molar-refractivity contribution in [3.8, 4) is 5.69 Å². The first-order valence-corrected chi connectivity index (χ1v) is 6.64. The van der Waals surface area contributed by atoms with Gasteiger partial charge < -0.3 is 15.7 Å². The molecule has 0 bridgehead atoms. The zero-order valence-corrected chi connectivity index (χ0v) is 12.3. The monoisotopic (exact) mass is 324 g/mol. The van der Waals surface area contributed by atoms with Gasteiger partial charge in [0.05, 0.1) is 5.69 Å². The second-order valence-electron chi connectivity index (χ2n) is 4.42. The van der Waals surface area contributed by atoms with Crippen molar-refractivity contribution in [1.29, 1.82) is 0 Å². The van der Waals surface area contributed by atoms with Gasteiger partial charge in [0.1, 0.15) is 12.4 Å². The molecule has 2 amide bonds. The van der Waals surface area contributed by atoms with Gasteiger partial charge in [-0.1, -0.05) is 11.6 Å². The number of hydrogen-bond acceptors (Lipinski definition) is 5. The number of carbonyl (C=O) groups excluding carboxylic acids is 1. The second-order valence-corrected chi connectivity index (χ2v) is 4.85. The summed E-state index contributed by atoms with van der Waals surface area (Å²) in [4.78, 5) is 22.3. The van der Waals surface area contributed by atoms with Crippen LogP contribution in [0.1, 0.15) is 12.5 Å². The molecule has 0 aliphatic carbocycles. The summed E-state index contributed by atoms with van der Waals surface area (Å²) >= 11 is 5.96. The molecule has 22 heavy (non-hydrogen) atoms. The average molecular weight is 325 g/mol. The van der Waals surface area contributed by atoms with Crippen molar-refractivity contribution in [2.75, 3.05) is 0 Å². The number of nitrogens with zero attached hydrogens (tertiary/aromatic N) is 4. The summed E-state index contributed by atoms with van der Waals surface area (Å²) in [5.74, 6) is -0.454. The summed E-state index contributed by atoms with van der Waals surface area (Å²) in [6.07, 6.45) is 0.156. The zero-order chi connectivity index (χ0) is 16.1. The van der Waals surface area contributed by atoms with Crippen LogP contribution in [0.3, 0.4) is 0 Å². The van der Waals surface area contributed by atoms with E-state index < -0.39 is 18.0 Å². The van der Waals surface area contributed by atoms with E-state index in [0.29, 0.717) is 16.3 Å². The second kappa shape index (κ2) is 6.85. The Morgan fingerprint density at radius 2 is 2.23 bits per heavy atom.